The number of carbonyl (C=O) groups is 5. The molecular weight excluding hydrogens is 702 g/mol. The summed E-state index contributed by atoms with van der Waals surface area (Å²) in [6, 6.07) is 7.14. The number of nitrogens with zero attached hydrogens (tertiary/aromatic N) is 6. The first kappa shape index (κ1) is 36.3. The fourth-order valence-electron chi connectivity index (χ4n) is 7.37. The van der Waals surface area contributed by atoms with E-state index in [1.54, 1.807) is 42.1 Å². The number of rotatable bonds is 12. The van der Waals surface area contributed by atoms with Crippen molar-refractivity contribution >= 4 is 64.7 Å². The Morgan fingerprint density at radius 1 is 1.13 bits per heavy atom. The van der Waals surface area contributed by atoms with Gasteiger partial charge in [0.2, 0.25) is 12.3 Å². The third kappa shape index (κ3) is 7.13. The molecule has 3 aromatic rings. The number of nitrogens with one attached hydrogen (secondary N) is 4. The standard InChI is InChI=1S/C37H38F2N10O5/c1-22(3-6-32(51)43-21-50)49-35(53)26-5-4-25(14-27(26)36(49)54)47-19-37(39,20-47)18-46-11-7-24(8-12-46)48-17-23-13-31(29(38)15-30(23)45-48)44-34(52)28(16-40)33-41-9-2-10-42-33/h2,4-5,9-10,13-17,21-22,24,40-41H,3,6-8,11-12,18-20H2,1H3,(H,44,52)(H,43,50,51)/b33-28-,40-16?. The van der Waals surface area contributed by atoms with Gasteiger partial charge in [-0.3, -0.25) is 43.8 Å². The number of aromatic nitrogens is 2. The number of carbonyl (C=O) groups excluding carboxylic acids is 5. The highest BCUT2D eigenvalue weighted by atomic mass is 19.1. The Hall–Kier alpha value is -6.10. The lowest BCUT2D eigenvalue weighted by molar-refractivity contribution is -0.125. The molecule has 17 heteroatoms. The first-order valence-corrected chi connectivity index (χ1v) is 17.6. The smallest absolute Gasteiger partial charge is 0.261 e. The van der Waals surface area contributed by atoms with Gasteiger partial charge in [-0.1, -0.05) is 0 Å². The number of halogens is 2. The SMILES string of the molecule is CC(CCC(=O)NC=O)N1C(=O)c2ccc(N3CC(F)(CN4CCC(n5cc6cc(NC(=O)/C(C=N)=C7\N=CC=CN7)c(F)cc6n5)CC4)C3)cc2C1=O. The molecule has 1 atom stereocenters. The second-order valence-electron chi connectivity index (χ2n) is 13.9. The Balaban J connectivity index is 0.920. The van der Waals surface area contributed by atoms with Crippen LogP contribution in [0.1, 0.15) is 59.4 Å². The third-order valence-electron chi connectivity index (χ3n) is 10.2. The zero-order valence-electron chi connectivity index (χ0n) is 29.3. The largest absolute Gasteiger partial charge is 0.365 e. The quantitative estimate of drug-likeness (QED) is 0.0938. The number of hydrogen-bond acceptors (Lipinski definition) is 11. The predicted octanol–water partition coefficient (Wildman–Crippen LogP) is 3.07. The van der Waals surface area contributed by atoms with E-state index in [1.807, 2.05) is 16.4 Å². The fraction of sp³-hybridized carbons (Fsp3) is 0.351. The lowest BCUT2D eigenvalue weighted by atomic mass is 9.92. The van der Waals surface area contributed by atoms with Crippen LogP contribution in [-0.2, 0) is 14.4 Å². The van der Waals surface area contributed by atoms with E-state index in [2.05, 4.69) is 25.6 Å². The van der Waals surface area contributed by atoms with E-state index in [0.29, 0.717) is 42.5 Å². The molecule has 1 unspecified atom stereocenters. The van der Waals surface area contributed by atoms with Crippen LogP contribution in [0.5, 0.6) is 0 Å². The molecule has 0 bridgehead atoms. The number of benzene rings is 2. The lowest BCUT2D eigenvalue weighted by Gasteiger charge is -2.48. The fourth-order valence-corrected chi connectivity index (χ4v) is 7.37. The van der Waals surface area contributed by atoms with E-state index in [1.165, 1.54) is 18.3 Å². The van der Waals surface area contributed by atoms with Gasteiger partial charge in [-0.05, 0) is 56.5 Å². The van der Waals surface area contributed by atoms with Crippen LogP contribution in [0.2, 0.25) is 0 Å². The molecule has 5 amide bonds. The highest BCUT2D eigenvalue weighted by Gasteiger charge is 2.46. The Morgan fingerprint density at radius 3 is 2.59 bits per heavy atom. The molecule has 0 radical (unpaired) electrons. The van der Waals surface area contributed by atoms with Crippen LogP contribution in [0.25, 0.3) is 10.9 Å². The molecule has 4 N–H and O–H groups in total. The predicted molar refractivity (Wildman–Crippen MR) is 196 cm³/mol. The maximum atomic E-state index is 15.9. The van der Waals surface area contributed by atoms with E-state index >= 15 is 8.78 Å². The first-order valence-electron chi connectivity index (χ1n) is 17.6. The first-order chi connectivity index (χ1) is 26.0. The molecule has 0 aliphatic carbocycles. The van der Waals surface area contributed by atoms with Gasteiger partial charge in [-0.15, -0.1) is 0 Å². The Bertz CT molecular complexity index is 2150. The van der Waals surface area contributed by atoms with E-state index in [9.17, 15) is 24.0 Å². The number of aliphatic imine (C=N–C) groups is 1. The van der Waals surface area contributed by atoms with Crippen molar-refractivity contribution < 1.29 is 32.8 Å². The molecular formula is C37H38F2N10O5. The van der Waals surface area contributed by atoms with Crippen LogP contribution < -0.4 is 20.9 Å². The number of likely N-dealkylation sites (tertiary alicyclic amines) is 1. The molecule has 280 valence electrons. The summed E-state index contributed by atoms with van der Waals surface area (Å²) in [5, 5.41) is 20.2. The maximum Gasteiger partial charge on any atom is 0.261 e. The highest BCUT2D eigenvalue weighted by Crippen LogP contribution is 2.36. The van der Waals surface area contributed by atoms with Crippen LogP contribution in [0, 0.1) is 11.2 Å². The van der Waals surface area contributed by atoms with Gasteiger partial charge in [0.1, 0.15) is 11.6 Å². The average Bonchev–Trinajstić information content (AvgIpc) is 3.67. The molecule has 2 saturated heterocycles. The summed E-state index contributed by atoms with van der Waals surface area (Å²) in [6.45, 7) is 3.44. The van der Waals surface area contributed by atoms with Crippen molar-refractivity contribution in [1.82, 2.24) is 30.2 Å². The molecule has 2 aromatic carbocycles. The van der Waals surface area contributed by atoms with Crippen molar-refractivity contribution in [3.8, 4) is 0 Å². The molecule has 0 saturated carbocycles. The summed E-state index contributed by atoms with van der Waals surface area (Å²) in [5.41, 5.74) is 0.00721. The van der Waals surface area contributed by atoms with Gasteiger partial charge < -0.3 is 20.9 Å². The molecule has 4 aliphatic rings. The Kier molecular flexibility index (Phi) is 9.89. The Morgan fingerprint density at radius 2 is 1.89 bits per heavy atom. The summed E-state index contributed by atoms with van der Waals surface area (Å²) in [6.07, 6.45) is 9.22. The topological polar surface area (TPSA) is 185 Å². The summed E-state index contributed by atoms with van der Waals surface area (Å²) >= 11 is 0. The lowest BCUT2D eigenvalue weighted by Crippen LogP contribution is -2.64. The second-order valence-corrected chi connectivity index (χ2v) is 13.9. The molecule has 2 fully saturated rings. The number of anilines is 2. The monoisotopic (exact) mass is 740 g/mol. The summed E-state index contributed by atoms with van der Waals surface area (Å²) in [5.74, 6) is -2.59. The highest BCUT2D eigenvalue weighted by molar-refractivity contribution is 6.22. The van der Waals surface area contributed by atoms with Crippen LogP contribution in [0.3, 0.4) is 0 Å². The third-order valence-corrected chi connectivity index (χ3v) is 10.2. The Labute approximate surface area is 308 Å². The summed E-state index contributed by atoms with van der Waals surface area (Å²) in [7, 11) is 0. The number of alkyl halides is 1. The van der Waals surface area contributed by atoms with Crippen LogP contribution in [-0.4, -0.2) is 106 Å². The molecule has 0 spiro atoms. The van der Waals surface area contributed by atoms with Gasteiger partial charge in [-0.25, -0.2) is 13.8 Å². The molecule has 7 rings (SSSR count). The van der Waals surface area contributed by atoms with Gasteiger partial charge in [0.05, 0.1) is 47.0 Å². The number of amides is 5. The van der Waals surface area contributed by atoms with Gasteiger partial charge >= 0.3 is 0 Å². The van der Waals surface area contributed by atoms with Crippen LogP contribution in [0.15, 0.2) is 65.2 Å². The van der Waals surface area contributed by atoms with Crippen LogP contribution >= 0.6 is 0 Å². The number of piperidine rings is 1. The molecule has 4 aliphatic heterocycles. The average molecular weight is 741 g/mol. The van der Waals surface area contributed by atoms with Gasteiger partial charge in [0.25, 0.3) is 17.7 Å². The zero-order chi connectivity index (χ0) is 38.1. The minimum absolute atomic E-state index is 0.0168. The minimum Gasteiger partial charge on any atom is -0.365 e. The normalized spacial score (nSPS) is 19.6. The molecule has 15 nitrogen and oxygen atoms in total. The minimum atomic E-state index is -1.46. The van der Waals surface area contributed by atoms with E-state index in [0.717, 1.165) is 11.1 Å². The maximum absolute atomic E-state index is 15.9. The number of hydrogen-bond donors (Lipinski definition) is 4. The van der Waals surface area contributed by atoms with Crippen molar-refractivity contribution in [2.45, 2.75) is 50.4 Å². The molecule has 1 aromatic heterocycles. The van der Waals surface area contributed by atoms with Crippen molar-refractivity contribution in [3.63, 3.8) is 0 Å². The van der Waals surface area contributed by atoms with Crippen molar-refractivity contribution in [3.05, 3.63) is 77.1 Å². The van der Waals surface area contributed by atoms with Crippen LogP contribution in [0.4, 0.5) is 20.2 Å². The number of allylic oxidation sites excluding steroid dienone is 1. The van der Waals surface area contributed by atoms with Gasteiger partial charge in [-0.2, -0.15) is 5.10 Å². The summed E-state index contributed by atoms with van der Waals surface area (Å²) < 4.78 is 32.8. The van der Waals surface area contributed by atoms with Crippen molar-refractivity contribution in [2.24, 2.45) is 4.99 Å². The van der Waals surface area contributed by atoms with Gasteiger partial charge in [0, 0.05) is 74.1 Å². The van der Waals surface area contributed by atoms with Crippen molar-refractivity contribution in [1.29, 1.82) is 5.41 Å². The molecule has 5 heterocycles. The van der Waals surface area contributed by atoms with E-state index in [-0.39, 0.29) is 73.1 Å². The van der Waals surface area contributed by atoms with Crippen molar-refractivity contribution in [2.75, 3.05) is 42.9 Å². The zero-order valence-corrected chi connectivity index (χ0v) is 29.3. The second kappa shape index (κ2) is 14.7. The van der Waals surface area contributed by atoms with E-state index < -0.39 is 41.2 Å². The van der Waals surface area contributed by atoms with E-state index in [4.69, 9.17) is 5.41 Å². The van der Waals surface area contributed by atoms with Gasteiger partial charge in [0.15, 0.2) is 5.67 Å². The number of fused-ring (bicyclic) bond motifs is 2. The summed E-state index contributed by atoms with van der Waals surface area (Å²) in [4.78, 5) is 70.4. The molecule has 54 heavy (non-hydrogen) atoms. The number of imide groups is 2.